The highest BCUT2D eigenvalue weighted by Gasteiger charge is 2.21. The van der Waals surface area contributed by atoms with Crippen molar-refractivity contribution in [3.05, 3.63) is 82.9 Å². The van der Waals surface area contributed by atoms with E-state index in [1.54, 1.807) is 12.1 Å². The lowest BCUT2D eigenvalue weighted by Gasteiger charge is -2.10. The minimum Gasteiger partial charge on any atom is -0.496 e. The van der Waals surface area contributed by atoms with Crippen molar-refractivity contribution in [1.29, 1.82) is 0 Å². The molecule has 0 atom stereocenters. The van der Waals surface area contributed by atoms with Gasteiger partial charge in [0.15, 0.2) is 0 Å². The van der Waals surface area contributed by atoms with Gasteiger partial charge in [-0.25, -0.2) is 8.42 Å². The van der Waals surface area contributed by atoms with Crippen LogP contribution in [0, 0.1) is 10.1 Å². The fourth-order valence-corrected chi connectivity index (χ4v) is 3.61. The third-order valence-electron chi connectivity index (χ3n) is 3.92. The van der Waals surface area contributed by atoms with Crippen molar-refractivity contribution < 1.29 is 18.1 Å². The summed E-state index contributed by atoms with van der Waals surface area (Å²) in [5.41, 5.74) is 1.30. The van der Waals surface area contributed by atoms with Crippen molar-refractivity contribution in [3.8, 4) is 16.9 Å². The Labute approximate surface area is 156 Å². The standard InChI is InChI=1S/C19H16N2O5S/c1-26-16-9-12-18(19(13-16)21(22)23)20-27(24,25)17-10-7-15(8-11-17)14-5-3-2-4-6-14/h2-13,20H,1H3. The van der Waals surface area contributed by atoms with Gasteiger partial charge in [-0.05, 0) is 35.4 Å². The molecule has 0 spiro atoms. The normalized spacial score (nSPS) is 11.0. The summed E-state index contributed by atoms with van der Waals surface area (Å²) in [6.07, 6.45) is 0. The minimum absolute atomic E-state index is 0.00676. The van der Waals surface area contributed by atoms with Gasteiger partial charge in [0.2, 0.25) is 0 Å². The number of hydrogen-bond donors (Lipinski definition) is 1. The first kappa shape index (κ1) is 18.4. The van der Waals surface area contributed by atoms with Crippen LogP contribution in [0.4, 0.5) is 11.4 Å². The van der Waals surface area contributed by atoms with E-state index < -0.39 is 14.9 Å². The van der Waals surface area contributed by atoms with Crippen LogP contribution in [-0.4, -0.2) is 20.5 Å². The van der Waals surface area contributed by atoms with Gasteiger partial charge in [0.1, 0.15) is 11.4 Å². The largest absolute Gasteiger partial charge is 0.496 e. The maximum atomic E-state index is 12.6. The minimum atomic E-state index is -3.98. The molecule has 0 aromatic heterocycles. The van der Waals surface area contributed by atoms with Crippen LogP contribution in [0.5, 0.6) is 5.75 Å². The summed E-state index contributed by atoms with van der Waals surface area (Å²) < 4.78 is 32.4. The molecule has 3 aromatic rings. The summed E-state index contributed by atoms with van der Waals surface area (Å²) in [5, 5.41) is 11.2. The molecule has 0 heterocycles. The van der Waals surface area contributed by atoms with Crippen LogP contribution < -0.4 is 9.46 Å². The Hall–Kier alpha value is -3.39. The Kier molecular flexibility index (Phi) is 5.09. The third kappa shape index (κ3) is 4.06. The van der Waals surface area contributed by atoms with Crippen molar-refractivity contribution in [2.24, 2.45) is 0 Å². The van der Waals surface area contributed by atoms with E-state index in [9.17, 15) is 18.5 Å². The molecule has 0 unspecified atom stereocenters. The molecule has 0 aliphatic rings. The summed E-state index contributed by atoms with van der Waals surface area (Å²) in [5.74, 6) is 0.261. The third-order valence-corrected chi connectivity index (χ3v) is 5.30. The maximum absolute atomic E-state index is 12.6. The van der Waals surface area contributed by atoms with Crippen LogP contribution >= 0.6 is 0 Å². The summed E-state index contributed by atoms with van der Waals surface area (Å²) in [6, 6.07) is 19.7. The lowest BCUT2D eigenvalue weighted by molar-refractivity contribution is -0.384. The molecular formula is C19H16N2O5S. The van der Waals surface area contributed by atoms with Crippen molar-refractivity contribution in [2.75, 3.05) is 11.8 Å². The van der Waals surface area contributed by atoms with E-state index in [0.717, 1.165) is 17.2 Å². The van der Waals surface area contributed by atoms with Crippen LogP contribution in [0.25, 0.3) is 11.1 Å². The Morgan fingerprint density at radius 3 is 2.15 bits per heavy atom. The second-order valence-electron chi connectivity index (χ2n) is 5.64. The average Bonchev–Trinajstić information content (AvgIpc) is 2.68. The zero-order chi connectivity index (χ0) is 19.4. The average molecular weight is 384 g/mol. The lowest BCUT2D eigenvalue weighted by Crippen LogP contribution is -2.14. The van der Waals surface area contributed by atoms with Crippen LogP contribution in [0.15, 0.2) is 77.7 Å². The highest BCUT2D eigenvalue weighted by Crippen LogP contribution is 2.31. The first-order chi connectivity index (χ1) is 12.9. The zero-order valence-corrected chi connectivity index (χ0v) is 15.1. The van der Waals surface area contributed by atoms with E-state index in [1.165, 1.54) is 31.4 Å². The van der Waals surface area contributed by atoms with Gasteiger partial charge >= 0.3 is 0 Å². The van der Waals surface area contributed by atoms with Gasteiger partial charge in [0, 0.05) is 0 Å². The van der Waals surface area contributed by atoms with E-state index in [1.807, 2.05) is 30.3 Å². The number of anilines is 1. The Bertz CT molecular complexity index is 1070. The van der Waals surface area contributed by atoms with Crippen LogP contribution in [-0.2, 0) is 10.0 Å². The van der Waals surface area contributed by atoms with Gasteiger partial charge in [-0.3, -0.25) is 14.8 Å². The predicted octanol–water partition coefficient (Wildman–Crippen LogP) is 4.07. The zero-order valence-electron chi connectivity index (χ0n) is 14.3. The van der Waals surface area contributed by atoms with Gasteiger partial charge in [-0.2, -0.15) is 0 Å². The van der Waals surface area contributed by atoms with Crippen LogP contribution in [0.2, 0.25) is 0 Å². The molecule has 0 aliphatic carbocycles. The molecule has 0 fully saturated rings. The molecular weight excluding hydrogens is 368 g/mol. The van der Waals surface area contributed by atoms with Crippen molar-refractivity contribution in [3.63, 3.8) is 0 Å². The fraction of sp³-hybridized carbons (Fsp3) is 0.0526. The molecule has 0 saturated carbocycles. The van der Waals surface area contributed by atoms with Crippen molar-refractivity contribution >= 4 is 21.4 Å². The second-order valence-corrected chi connectivity index (χ2v) is 7.32. The molecule has 0 radical (unpaired) electrons. The number of nitrogens with one attached hydrogen (secondary N) is 1. The number of ether oxygens (including phenoxy) is 1. The van der Waals surface area contributed by atoms with Crippen LogP contribution in [0.1, 0.15) is 0 Å². The molecule has 27 heavy (non-hydrogen) atoms. The molecule has 138 valence electrons. The quantitative estimate of drug-likeness (QED) is 0.510. The van der Waals surface area contributed by atoms with Gasteiger partial charge in [0.05, 0.1) is 23.0 Å². The van der Waals surface area contributed by atoms with E-state index in [4.69, 9.17) is 4.74 Å². The SMILES string of the molecule is COc1ccc(NS(=O)(=O)c2ccc(-c3ccccc3)cc2)c([N+](=O)[O-])c1. The molecule has 0 saturated heterocycles. The molecule has 0 amide bonds. The maximum Gasteiger partial charge on any atom is 0.297 e. The predicted molar refractivity (Wildman–Crippen MR) is 102 cm³/mol. The van der Waals surface area contributed by atoms with E-state index in [0.29, 0.717) is 0 Å². The highest BCUT2D eigenvalue weighted by molar-refractivity contribution is 7.92. The second kappa shape index (κ2) is 7.46. The number of nitrogens with zero attached hydrogens (tertiary/aromatic N) is 1. The number of nitro groups is 1. The number of hydrogen-bond acceptors (Lipinski definition) is 5. The summed E-state index contributed by atoms with van der Waals surface area (Å²) in [4.78, 5) is 10.6. The topological polar surface area (TPSA) is 98.5 Å². The van der Waals surface area contributed by atoms with Gasteiger partial charge in [-0.15, -0.1) is 0 Å². The van der Waals surface area contributed by atoms with Crippen molar-refractivity contribution in [2.45, 2.75) is 4.90 Å². The Balaban J connectivity index is 1.90. The number of benzene rings is 3. The molecule has 3 aromatic carbocycles. The molecule has 0 bridgehead atoms. The number of nitro benzene ring substituents is 1. The molecule has 0 aliphatic heterocycles. The molecule has 3 rings (SSSR count). The Morgan fingerprint density at radius 1 is 0.926 bits per heavy atom. The van der Waals surface area contributed by atoms with E-state index in [2.05, 4.69) is 4.72 Å². The molecule has 8 heteroatoms. The fourth-order valence-electron chi connectivity index (χ4n) is 2.54. The van der Waals surface area contributed by atoms with Crippen molar-refractivity contribution in [1.82, 2.24) is 0 Å². The molecule has 1 N–H and O–H groups in total. The smallest absolute Gasteiger partial charge is 0.297 e. The van der Waals surface area contributed by atoms with Gasteiger partial charge in [0.25, 0.3) is 15.7 Å². The first-order valence-electron chi connectivity index (χ1n) is 7.91. The highest BCUT2D eigenvalue weighted by atomic mass is 32.2. The van der Waals surface area contributed by atoms with Gasteiger partial charge < -0.3 is 4.74 Å². The summed E-state index contributed by atoms with van der Waals surface area (Å²) in [6.45, 7) is 0. The Morgan fingerprint density at radius 2 is 1.56 bits per heavy atom. The first-order valence-corrected chi connectivity index (χ1v) is 9.40. The lowest BCUT2D eigenvalue weighted by atomic mass is 10.1. The monoisotopic (exact) mass is 384 g/mol. The van der Waals surface area contributed by atoms with Crippen LogP contribution in [0.3, 0.4) is 0 Å². The van der Waals surface area contributed by atoms with Gasteiger partial charge in [-0.1, -0.05) is 42.5 Å². The van der Waals surface area contributed by atoms with E-state index >= 15 is 0 Å². The number of rotatable bonds is 6. The van der Waals surface area contributed by atoms with E-state index in [-0.39, 0.29) is 22.0 Å². The molecule has 7 nitrogen and oxygen atoms in total. The number of sulfonamides is 1. The number of methoxy groups -OCH3 is 1. The summed E-state index contributed by atoms with van der Waals surface area (Å²) >= 11 is 0. The summed E-state index contributed by atoms with van der Waals surface area (Å²) in [7, 11) is -2.61.